The first kappa shape index (κ1) is 11.8. The maximum atomic E-state index is 11.6. The van der Waals surface area contributed by atoms with Crippen molar-refractivity contribution in [2.75, 3.05) is 0 Å². The molecule has 0 spiro atoms. The van der Waals surface area contributed by atoms with Gasteiger partial charge in [-0.15, -0.1) is 0 Å². The van der Waals surface area contributed by atoms with Gasteiger partial charge in [-0.3, -0.25) is 0 Å². The van der Waals surface area contributed by atoms with Crippen LogP contribution in [-0.2, 0) is 6.54 Å². The molecule has 1 aliphatic rings. The fourth-order valence-corrected chi connectivity index (χ4v) is 1.78. The molecular weight excluding hydrogens is 244 g/mol. The van der Waals surface area contributed by atoms with E-state index in [1.807, 2.05) is 30.3 Å². The number of nitrogens with zero attached hydrogens (tertiary/aromatic N) is 1. The summed E-state index contributed by atoms with van der Waals surface area (Å²) in [5.41, 5.74) is 1.01. The van der Waals surface area contributed by atoms with Crippen LogP contribution in [0.4, 0.5) is 4.79 Å². The first-order chi connectivity index (χ1) is 9.31. The highest BCUT2D eigenvalue weighted by Crippen LogP contribution is 2.40. The summed E-state index contributed by atoms with van der Waals surface area (Å²) < 4.78 is 10.1. The maximum Gasteiger partial charge on any atom is 0.414 e. The Kier molecular flexibility index (Phi) is 3.18. The molecule has 1 saturated carbocycles. The minimum Gasteiger partial charge on any atom is -0.388 e. The van der Waals surface area contributed by atoms with Gasteiger partial charge in [0.2, 0.25) is 0 Å². The van der Waals surface area contributed by atoms with E-state index in [1.165, 1.54) is 0 Å². The molecule has 1 fully saturated rings. The van der Waals surface area contributed by atoms with Gasteiger partial charge in [0.1, 0.15) is 5.76 Å². The molecule has 1 heterocycles. The molecule has 3 rings (SSSR count). The number of aromatic nitrogens is 1. The highest BCUT2D eigenvalue weighted by Gasteiger charge is 2.28. The van der Waals surface area contributed by atoms with E-state index in [0.717, 1.165) is 24.2 Å². The topological polar surface area (TPSA) is 64.4 Å². The largest absolute Gasteiger partial charge is 0.414 e. The van der Waals surface area contributed by atoms with Gasteiger partial charge in [0.05, 0.1) is 0 Å². The molecule has 19 heavy (non-hydrogen) atoms. The Bertz CT molecular complexity index is 561. The highest BCUT2D eigenvalue weighted by atomic mass is 16.6. The average molecular weight is 258 g/mol. The zero-order valence-corrected chi connectivity index (χ0v) is 10.3. The Morgan fingerprint density at radius 3 is 2.89 bits per heavy atom. The molecule has 98 valence electrons. The second kappa shape index (κ2) is 5.14. The number of amides is 1. The monoisotopic (exact) mass is 258 g/mol. The van der Waals surface area contributed by atoms with Crippen LogP contribution in [-0.4, -0.2) is 11.2 Å². The molecule has 1 aliphatic carbocycles. The molecule has 1 N–H and O–H groups in total. The predicted octanol–water partition coefficient (Wildman–Crippen LogP) is 2.84. The van der Waals surface area contributed by atoms with Crippen LogP contribution in [0.25, 0.3) is 0 Å². The highest BCUT2D eigenvalue weighted by molar-refractivity contribution is 5.69. The number of hydrogen-bond donors (Lipinski definition) is 1. The summed E-state index contributed by atoms with van der Waals surface area (Å²) in [6.45, 7) is 0.424. The molecule has 1 amide bonds. The summed E-state index contributed by atoms with van der Waals surface area (Å²) >= 11 is 0. The van der Waals surface area contributed by atoms with Crippen molar-refractivity contribution in [1.82, 2.24) is 10.5 Å². The number of hydrogen-bond acceptors (Lipinski definition) is 4. The van der Waals surface area contributed by atoms with Gasteiger partial charge in [-0.05, 0) is 23.6 Å². The Labute approximate surface area is 110 Å². The van der Waals surface area contributed by atoms with Crippen molar-refractivity contribution in [2.24, 2.45) is 0 Å². The van der Waals surface area contributed by atoms with E-state index in [-0.39, 0.29) is 5.88 Å². The van der Waals surface area contributed by atoms with Gasteiger partial charge < -0.3 is 14.6 Å². The van der Waals surface area contributed by atoms with E-state index >= 15 is 0 Å². The predicted molar refractivity (Wildman–Crippen MR) is 67.8 cm³/mol. The molecule has 5 heteroatoms. The molecule has 0 aliphatic heterocycles. The van der Waals surface area contributed by atoms with Crippen LogP contribution in [0.3, 0.4) is 0 Å². The number of benzene rings is 1. The van der Waals surface area contributed by atoms with Crippen LogP contribution >= 0.6 is 0 Å². The third-order valence-corrected chi connectivity index (χ3v) is 2.96. The number of ether oxygens (including phenoxy) is 1. The second-order valence-corrected chi connectivity index (χ2v) is 4.57. The van der Waals surface area contributed by atoms with Crippen molar-refractivity contribution in [3.63, 3.8) is 0 Å². The van der Waals surface area contributed by atoms with Crippen molar-refractivity contribution in [3.8, 4) is 5.88 Å². The van der Waals surface area contributed by atoms with Crippen LogP contribution in [0.15, 0.2) is 40.9 Å². The quantitative estimate of drug-likeness (QED) is 0.915. The Morgan fingerprint density at radius 2 is 2.16 bits per heavy atom. The Hall–Kier alpha value is -2.30. The second-order valence-electron chi connectivity index (χ2n) is 4.57. The standard InChI is InChI=1S/C14H14N2O3/c17-14(15-9-10-4-2-1-3-5-10)18-13-8-12(19-16-13)11-6-7-11/h1-5,8,11H,6-7,9H2,(H,15,17). The van der Waals surface area contributed by atoms with E-state index < -0.39 is 6.09 Å². The molecule has 0 unspecified atom stereocenters. The lowest BCUT2D eigenvalue weighted by Gasteiger charge is -2.03. The molecule has 5 nitrogen and oxygen atoms in total. The van der Waals surface area contributed by atoms with Crippen molar-refractivity contribution < 1.29 is 14.1 Å². The lowest BCUT2D eigenvalue weighted by atomic mass is 10.2. The van der Waals surface area contributed by atoms with Gasteiger partial charge in [-0.2, -0.15) is 0 Å². The first-order valence-electron chi connectivity index (χ1n) is 6.27. The minimum atomic E-state index is -0.528. The fourth-order valence-electron chi connectivity index (χ4n) is 1.78. The number of carbonyl (C=O) groups excluding carboxylic acids is 1. The average Bonchev–Trinajstić information content (AvgIpc) is 3.19. The molecule has 0 saturated heterocycles. The van der Waals surface area contributed by atoms with Crippen LogP contribution in [0.2, 0.25) is 0 Å². The summed E-state index contributed by atoms with van der Waals surface area (Å²) in [6, 6.07) is 11.3. The van der Waals surface area contributed by atoms with Crippen LogP contribution < -0.4 is 10.1 Å². The van der Waals surface area contributed by atoms with Crippen molar-refractivity contribution >= 4 is 6.09 Å². The molecular formula is C14H14N2O3. The molecule has 0 bridgehead atoms. The SMILES string of the molecule is O=C(NCc1ccccc1)Oc1cc(C2CC2)on1. The third-order valence-electron chi connectivity index (χ3n) is 2.96. The van der Waals surface area contributed by atoms with E-state index in [2.05, 4.69) is 10.5 Å². The van der Waals surface area contributed by atoms with Crippen LogP contribution in [0.1, 0.15) is 30.1 Å². The van der Waals surface area contributed by atoms with Crippen LogP contribution in [0, 0.1) is 0 Å². The van der Waals surface area contributed by atoms with Crippen molar-refractivity contribution in [3.05, 3.63) is 47.7 Å². The summed E-state index contributed by atoms with van der Waals surface area (Å²) in [5.74, 6) is 1.47. The van der Waals surface area contributed by atoms with Crippen LogP contribution in [0.5, 0.6) is 5.88 Å². The molecule has 0 radical (unpaired) electrons. The molecule has 2 aromatic rings. The van der Waals surface area contributed by atoms with E-state index in [4.69, 9.17) is 9.26 Å². The normalized spacial score (nSPS) is 14.1. The smallest absolute Gasteiger partial charge is 0.388 e. The van der Waals surface area contributed by atoms with Crippen molar-refractivity contribution in [1.29, 1.82) is 0 Å². The third kappa shape index (κ3) is 3.13. The summed E-state index contributed by atoms with van der Waals surface area (Å²) in [6.07, 6.45) is 1.71. The van der Waals surface area contributed by atoms with Gasteiger partial charge in [0.25, 0.3) is 5.88 Å². The van der Waals surface area contributed by atoms with Gasteiger partial charge in [0.15, 0.2) is 0 Å². The van der Waals surface area contributed by atoms with Gasteiger partial charge >= 0.3 is 6.09 Å². The zero-order chi connectivity index (χ0) is 13.1. The van der Waals surface area contributed by atoms with Gasteiger partial charge in [0, 0.05) is 18.5 Å². The maximum absolute atomic E-state index is 11.6. The van der Waals surface area contributed by atoms with Gasteiger partial charge in [-0.25, -0.2) is 4.79 Å². The fraction of sp³-hybridized carbons (Fsp3) is 0.286. The molecule has 1 aromatic heterocycles. The van der Waals surface area contributed by atoms with E-state index in [1.54, 1.807) is 6.07 Å². The van der Waals surface area contributed by atoms with E-state index in [9.17, 15) is 4.79 Å². The first-order valence-corrected chi connectivity index (χ1v) is 6.27. The molecule has 0 atom stereocenters. The van der Waals surface area contributed by atoms with Gasteiger partial charge in [-0.1, -0.05) is 30.3 Å². The number of nitrogens with one attached hydrogen (secondary N) is 1. The minimum absolute atomic E-state index is 0.215. The zero-order valence-electron chi connectivity index (χ0n) is 10.3. The van der Waals surface area contributed by atoms with E-state index in [0.29, 0.717) is 12.5 Å². The summed E-state index contributed by atoms with van der Waals surface area (Å²) in [7, 11) is 0. The summed E-state index contributed by atoms with van der Waals surface area (Å²) in [5, 5.41) is 6.37. The number of rotatable bonds is 4. The lowest BCUT2D eigenvalue weighted by Crippen LogP contribution is -2.26. The Morgan fingerprint density at radius 1 is 1.37 bits per heavy atom. The lowest BCUT2D eigenvalue weighted by molar-refractivity contribution is 0.195. The summed E-state index contributed by atoms with van der Waals surface area (Å²) in [4.78, 5) is 11.6. The number of carbonyl (C=O) groups is 1. The van der Waals surface area contributed by atoms with Crippen molar-refractivity contribution in [2.45, 2.75) is 25.3 Å². The molecule has 1 aromatic carbocycles. The Balaban J connectivity index is 1.50.